The van der Waals surface area contributed by atoms with Crippen molar-refractivity contribution in [3.63, 3.8) is 0 Å². The molecule has 0 unspecified atom stereocenters. The van der Waals surface area contributed by atoms with Crippen molar-refractivity contribution in [1.29, 1.82) is 0 Å². The molecule has 3 N–H and O–H groups in total. The van der Waals surface area contributed by atoms with Crippen LogP contribution in [0.15, 0.2) is 29.4 Å². The molecule has 1 rings (SSSR count). The first-order chi connectivity index (χ1) is 10.0. The van der Waals surface area contributed by atoms with Gasteiger partial charge in [0.1, 0.15) is 0 Å². The first-order valence-corrected chi connectivity index (χ1v) is 7.28. The van der Waals surface area contributed by atoms with Gasteiger partial charge < -0.3 is 10.5 Å². The van der Waals surface area contributed by atoms with E-state index < -0.39 is 0 Å². The van der Waals surface area contributed by atoms with Crippen molar-refractivity contribution in [3.05, 3.63) is 35.4 Å². The number of hydrazone groups is 1. The number of rotatable bonds is 7. The maximum absolute atomic E-state index is 11.4. The summed E-state index contributed by atoms with van der Waals surface area (Å²) < 4.78 is 5.04. The molecule has 114 valence electrons. The Morgan fingerprint density at radius 1 is 1.38 bits per heavy atom. The molecule has 0 saturated heterocycles. The molecule has 21 heavy (non-hydrogen) atoms. The zero-order valence-electron chi connectivity index (χ0n) is 12.4. The van der Waals surface area contributed by atoms with Crippen LogP contribution in [0.1, 0.15) is 37.8 Å². The van der Waals surface area contributed by atoms with Crippen LogP contribution in [0.4, 0.5) is 0 Å². The normalized spacial score (nSPS) is 11.0. The molecule has 0 aliphatic carbocycles. The lowest BCUT2D eigenvalue weighted by atomic mass is 10.1. The largest absolute Gasteiger partial charge is 0.466 e. The Morgan fingerprint density at radius 3 is 2.62 bits per heavy atom. The van der Waals surface area contributed by atoms with Crippen LogP contribution < -0.4 is 11.2 Å². The fraction of sp³-hybridized carbons (Fsp3) is 0.400. The number of carbonyl (C=O) groups excluding carboxylic acids is 1. The quantitative estimate of drug-likeness (QED) is 0.349. The Bertz CT molecular complexity index is 512. The second-order valence-electron chi connectivity index (χ2n) is 4.59. The van der Waals surface area contributed by atoms with E-state index in [-0.39, 0.29) is 11.1 Å². The third-order valence-corrected chi connectivity index (χ3v) is 2.88. The predicted molar refractivity (Wildman–Crippen MR) is 88.1 cm³/mol. The molecule has 5 nitrogen and oxygen atoms in total. The van der Waals surface area contributed by atoms with E-state index in [1.807, 2.05) is 38.1 Å². The minimum absolute atomic E-state index is 0.136. The molecule has 0 aromatic heterocycles. The van der Waals surface area contributed by atoms with Gasteiger partial charge in [-0.2, -0.15) is 5.10 Å². The molecule has 6 heteroatoms. The summed E-state index contributed by atoms with van der Waals surface area (Å²) in [7, 11) is 0. The zero-order valence-corrected chi connectivity index (χ0v) is 13.2. The van der Waals surface area contributed by atoms with Crippen LogP contribution in [0.25, 0.3) is 0 Å². The summed E-state index contributed by atoms with van der Waals surface area (Å²) in [4.78, 5) is 11.4. The number of hydrogen-bond acceptors (Lipinski definition) is 4. The fourth-order valence-corrected chi connectivity index (χ4v) is 1.70. The van der Waals surface area contributed by atoms with Gasteiger partial charge in [-0.05, 0) is 43.1 Å². The summed E-state index contributed by atoms with van der Waals surface area (Å²) in [5.74, 6) is -0.153. The van der Waals surface area contributed by atoms with E-state index in [2.05, 4.69) is 22.7 Å². The lowest BCUT2D eigenvalue weighted by Gasteiger charge is -2.05. The number of benzene rings is 1. The molecule has 0 aliphatic heterocycles. The van der Waals surface area contributed by atoms with Crippen LogP contribution in [0.2, 0.25) is 0 Å². The molecule has 0 spiro atoms. The second kappa shape index (κ2) is 9.07. The van der Waals surface area contributed by atoms with E-state index in [0.717, 1.165) is 23.3 Å². The van der Waals surface area contributed by atoms with E-state index in [9.17, 15) is 4.79 Å². The fourth-order valence-electron chi connectivity index (χ4n) is 1.65. The number of aryl methyl sites for hydroxylation is 1. The molecule has 0 aliphatic rings. The van der Waals surface area contributed by atoms with Crippen LogP contribution in [0.5, 0.6) is 0 Å². The molecular formula is C15H21N3O2S. The summed E-state index contributed by atoms with van der Waals surface area (Å²) in [6.07, 6.45) is 1.92. The Balaban J connectivity index is 2.52. The number of hydrogen-bond donors (Lipinski definition) is 2. The highest BCUT2D eigenvalue weighted by atomic mass is 32.1. The third kappa shape index (κ3) is 6.85. The number of nitrogens with one attached hydrogen (secondary N) is 1. The summed E-state index contributed by atoms with van der Waals surface area (Å²) in [6, 6.07) is 7.85. The topological polar surface area (TPSA) is 76.7 Å². The molecule has 0 saturated carbocycles. The minimum Gasteiger partial charge on any atom is -0.466 e. The lowest BCUT2D eigenvalue weighted by Crippen LogP contribution is -2.25. The molecule has 0 bridgehead atoms. The molecular weight excluding hydrogens is 286 g/mol. The Hall–Kier alpha value is -1.95. The highest BCUT2D eigenvalue weighted by Crippen LogP contribution is 2.08. The highest BCUT2D eigenvalue weighted by Gasteiger charge is 2.04. The van der Waals surface area contributed by atoms with Crippen molar-refractivity contribution < 1.29 is 9.53 Å². The summed E-state index contributed by atoms with van der Waals surface area (Å²) >= 11 is 4.69. The molecule has 1 aromatic carbocycles. The molecule has 0 amide bonds. The first kappa shape index (κ1) is 17.1. The molecule has 0 atom stereocenters. The number of esters is 1. The van der Waals surface area contributed by atoms with Crippen LogP contribution in [0, 0.1) is 0 Å². The molecule has 0 radical (unpaired) electrons. The van der Waals surface area contributed by atoms with Gasteiger partial charge in [-0.3, -0.25) is 10.2 Å². The van der Waals surface area contributed by atoms with Crippen molar-refractivity contribution in [2.24, 2.45) is 10.8 Å². The highest BCUT2D eigenvalue weighted by molar-refractivity contribution is 7.80. The minimum atomic E-state index is -0.153. The monoisotopic (exact) mass is 307 g/mol. The Kier molecular flexibility index (Phi) is 7.39. The van der Waals surface area contributed by atoms with Gasteiger partial charge in [0, 0.05) is 6.42 Å². The number of thiocarbonyl (C=S) groups is 1. The molecule has 0 fully saturated rings. The van der Waals surface area contributed by atoms with Gasteiger partial charge in [-0.1, -0.05) is 31.2 Å². The maximum Gasteiger partial charge on any atom is 0.306 e. The van der Waals surface area contributed by atoms with Gasteiger partial charge in [0.05, 0.1) is 12.3 Å². The Morgan fingerprint density at radius 2 is 2.05 bits per heavy atom. The van der Waals surface area contributed by atoms with Crippen molar-refractivity contribution >= 4 is 29.0 Å². The van der Waals surface area contributed by atoms with Crippen molar-refractivity contribution in [2.45, 2.75) is 33.1 Å². The average molecular weight is 307 g/mol. The number of nitrogens with two attached hydrogens (primary N) is 1. The smallest absolute Gasteiger partial charge is 0.306 e. The number of nitrogens with zero attached hydrogens (tertiary/aromatic N) is 1. The standard InChI is InChI=1S/C15H21N3O2S/c1-3-10-20-14(19)9-6-12-4-7-13(8-5-12)11(2)17-18-15(16)21/h4-5,7-8H,3,6,9-10H2,1-2H3,(H3,16,18,21)/b17-11+. The van der Waals surface area contributed by atoms with Crippen molar-refractivity contribution in [2.75, 3.05) is 6.61 Å². The van der Waals surface area contributed by atoms with Gasteiger partial charge in [-0.15, -0.1) is 0 Å². The Labute approximate surface area is 130 Å². The molecule has 0 heterocycles. The zero-order chi connectivity index (χ0) is 15.7. The number of carbonyl (C=O) groups is 1. The number of ether oxygens (including phenoxy) is 1. The molecule has 1 aromatic rings. The van der Waals surface area contributed by atoms with Crippen LogP contribution in [-0.4, -0.2) is 23.4 Å². The van der Waals surface area contributed by atoms with E-state index in [1.54, 1.807) is 0 Å². The van der Waals surface area contributed by atoms with E-state index >= 15 is 0 Å². The second-order valence-corrected chi connectivity index (χ2v) is 5.03. The maximum atomic E-state index is 11.4. The van der Waals surface area contributed by atoms with Gasteiger partial charge in [0.15, 0.2) is 5.11 Å². The van der Waals surface area contributed by atoms with Crippen LogP contribution in [0.3, 0.4) is 0 Å². The van der Waals surface area contributed by atoms with E-state index in [0.29, 0.717) is 19.4 Å². The summed E-state index contributed by atoms with van der Waals surface area (Å²) in [5, 5.41) is 4.19. The van der Waals surface area contributed by atoms with Gasteiger partial charge >= 0.3 is 5.97 Å². The lowest BCUT2D eigenvalue weighted by molar-refractivity contribution is -0.143. The van der Waals surface area contributed by atoms with Gasteiger partial charge in [0.2, 0.25) is 0 Å². The average Bonchev–Trinajstić information content (AvgIpc) is 2.49. The van der Waals surface area contributed by atoms with Crippen molar-refractivity contribution in [3.8, 4) is 0 Å². The van der Waals surface area contributed by atoms with E-state index in [4.69, 9.17) is 10.5 Å². The first-order valence-electron chi connectivity index (χ1n) is 6.87. The van der Waals surface area contributed by atoms with Crippen LogP contribution in [-0.2, 0) is 16.0 Å². The van der Waals surface area contributed by atoms with Gasteiger partial charge in [0.25, 0.3) is 0 Å². The SMILES string of the molecule is CCCOC(=O)CCc1ccc(/C(C)=N/NC(N)=S)cc1. The predicted octanol–water partition coefficient (Wildman–Crippen LogP) is 2.13. The van der Waals surface area contributed by atoms with Crippen molar-refractivity contribution in [1.82, 2.24) is 5.43 Å². The van der Waals surface area contributed by atoms with Crippen LogP contribution >= 0.6 is 12.2 Å². The van der Waals surface area contributed by atoms with E-state index in [1.165, 1.54) is 0 Å². The third-order valence-electron chi connectivity index (χ3n) is 2.79. The summed E-state index contributed by atoms with van der Waals surface area (Å²) in [5.41, 5.74) is 10.7. The summed E-state index contributed by atoms with van der Waals surface area (Å²) in [6.45, 7) is 4.33. The van der Waals surface area contributed by atoms with Gasteiger partial charge in [-0.25, -0.2) is 0 Å².